The van der Waals surface area contributed by atoms with Gasteiger partial charge >= 0.3 is 7.12 Å². The molecule has 1 fully saturated rings. The number of benzene rings is 1. The first kappa shape index (κ1) is 13.6. The highest BCUT2D eigenvalue weighted by Gasteiger charge is 2.53. The lowest BCUT2D eigenvalue weighted by molar-refractivity contribution is 0.00578. The SMILES string of the molecule is Cn1nc(B2OC(C)(C)C(C)(C)O2)c2ccc(F)cc21. The van der Waals surface area contributed by atoms with Crippen LogP contribution in [0, 0.1) is 5.82 Å². The van der Waals surface area contributed by atoms with Gasteiger partial charge in [0.15, 0.2) is 0 Å². The van der Waals surface area contributed by atoms with Crippen molar-refractivity contribution in [2.24, 2.45) is 7.05 Å². The summed E-state index contributed by atoms with van der Waals surface area (Å²) in [5, 5.41) is 5.30. The largest absolute Gasteiger partial charge is 0.517 e. The van der Waals surface area contributed by atoms with Crippen molar-refractivity contribution in [2.45, 2.75) is 38.9 Å². The maximum Gasteiger partial charge on any atom is 0.517 e. The first-order valence-corrected chi connectivity index (χ1v) is 6.69. The summed E-state index contributed by atoms with van der Waals surface area (Å²) in [6.07, 6.45) is 0. The Morgan fingerprint density at radius 3 is 2.35 bits per heavy atom. The predicted octanol–water partition coefficient (Wildman–Crippen LogP) is 2.01. The number of fused-ring (bicyclic) bond motifs is 1. The number of aryl methyl sites for hydroxylation is 1. The predicted molar refractivity (Wildman–Crippen MR) is 76.4 cm³/mol. The topological polar surface area (TPSA) is 36.3 Å². The quantitative estimate of drug-likeness (QED) is 0.747. The van der Waals surface area contributed by atoms with Crippen LogP contribution in [-0.2, 0) is 16.4 Å². The van der Waals surface area contributed by atoms with Crippen LogP contribution in [0.25, 0.3) is 10.9 Å². The summed E-state index contributed by atoms with van der Waals surface area (Å²) in [5.41, 5.74) is 0.596. The molecule has 2 heterocycles. The lowest BCUT2D eigenvalue weighted by atomic mass is 9.82. The Labute approximate surface area is 118 Å². The highest BCUT2D eigenvalue weighted by molar-refractivity contribution is 6.64. The molecule has 0 atom stereocenters. The van der Waals surface area contributed by atoms with Crippen molar-refractivity contribution >= 4 is 23.6 Å². The van der Waals surface area contributed by atoms with Crippen LogP contribution in [0.5, 0.6) is 0 Å². The van der Waals surface area contributed by atoms with Gasteiger partial charge in [0.05, 0.1) is 16.7 Å². The maximum absolute atomic E-state index is 13.3. The molecule has 106 valence electrons. The maximum atomic E-state index is 13.3. The molecule has 6 heteroatoms. The Hall–Kier alpha value is -1.40. The molecule has 1 saturated heterocycles. The van der Waals surface area contributed by atoms with E-state index in [4.69, 9.17) is 9.31 Å². The molecule has 0 radical (unpaired) electrons. The summed E-state index contributed by atoms with van der Waals surface area (Å²) < 4.78 is 27.0. The van der Waals surface area contributed by atoms with Gasteiger partial charge in [-0.2, -0.15) is 5.10 Å². The van der Waals surface area contributed by atoms with E-state index < -0.39 is 18.3 Å². The molecule has 0 amide bonds. The standard InChI is InChI=1S/C14H18BFN2O2/c1-13(2)14(3,4)20-15(19-13)12-10-7-6-9(16)8-11(10)18(5)17-12/h6-8H,1-5H3. The van der Waals surface area contributed by atoms with E-state index in [1.807, 2.05) is 27.7 Å². The average Bonchev–Trinajstić information content (AvgIpc) is 2.75. The van der Waals surface area contributed by atoms with E-state index in [1.54, 1.807) is 17.8 Å². The van der Waals surface area contributed by atoms with Gasteiger partial charge in [-0.05, 0) is 45.9 Å². The normalized spacial score (nSPS) is 20.8. The van der Waals surface area contributed by atoms with E-state index in [0.29, 0.717) is 5.59 Å². The van der Waals surface area contributed by atoms with E-state index in [1.165, 1.54) is 12.1 Å². The minimum atomic E-state index is -0.533. The fourth-order valence-corrected chi connectivity index (χ4v) is 2.39. The van der Waals surface area contributed by atoms with E-state index in [0.717, 1.165) is 10.9 Å². The van der Waals surface area contributed by atoms with Crippen LogP contribution in [0.4, 0.5) is 4.39 Å². The van der Waals surface area contributed by atoms with Crippen molar-refractivity contribution in [3.8, 4) is 0 Å². The van der Waals surface area contributed by atoms with Crippen LogP contribution >= 0.6 is 0 Å². The van der Waals surface area contributed by atoms with Crippen molar-refractivity contribution in [3.05, 3.63) is 24.0 Å². The summed E-state index contributed by atoms with van der Waals surface area (Å²) in [6, 6.07) is 4.62. The van der Waals surface area contributed by atoms with Crippen LogP contribution in [0.3, 0.4) is 0 Å². The minimum absolute atomic E-state index is 0.277. The third-order valence-electron chi connectivity index (χ3n) is 4.32. The molecular weight excluding hydrogens is 258 g/mol. The Morgan fingerprint density at radius 2 is 1.75 bits per heavy atom. The molecule has 0 spiro atoms. The van der Waals surface area contributed by atoms with Gasteiger partial charge in [-0.25, -0.2) is 4.39 Å². The number of hydrogen-bond donors (Lipinski definition) is 0. The molecule has 2 aromatic rings. The molecule has 0 N–H and O–H groups in total. The van der Waals surface area contributed by atoms with Gasteiger partial charge in [-0.15, -0.1) is 0 Å². The third-order valence-corrected chi connectivity index (χ3v) is 4.32. The van der Waals surface area contributed by atoms with Crippen LogP contribution in [0.2, 0.25) is 0 Å². The van der Waals surface area contributed by atoms with E-state index in [9.17, 15) is 4.39 Å². The van der Waals surface area contributed by atoms with E-state index in [-0.39, 0.29) is 5.82 Å². The average molecular weight is 276 g/mol. The lowest BCUT2D eigenvalue weighted by Gasteiger charge is -2.32. The number of aromatic nitrogens is 2. The van der Waals surface area contributed by atoms with Crippen molar-refractivity contribution in [1.82, 2.24) is 9.78 Å². The van der Waals surface area contributed by atoms with Crippen molar-refractivity contribution in [1.29, 1.82) is 0 Å². The van der Waals surface area contributed by atoms with Gasteiger partial charge < -0.3 is 9.31 Å². The highest BCUT2D eigenvalue weighted by Crippen LogP contribution is 2.36. The minimum Gasteiger partial charge on any atom is -0.398 e. The van der Waals surface area contributed by atoms with Gasteiger partial charge in [0.2, 0.25) is 0 Å². The van der Waals surface area contributed by atoms with Crippen LogP contribution < -0.4 is 5.59 Å². The molecule has 0 unspecified atom stereocenters. The smallest absolute Gasteiger partial charge is 0.398 e. The molecule has 1 aromatic heterocycles. The summed E-state index contributed by atoms with van der Waals surface area (Å²) in [5.74, 6) is -0.277. The van der Waals surface area contributed by atoms with E-state index in [2.05, 4.69) is 5.10 Å². The van der Waals surface area contributed by atoms with Crippen LogP contribution in [0.1, 0.15) is 27.7 Å². The molecule has 0 aliphatic carbocycles. The van der Waals surface area contributed by atoms with Gasteiger partial charge in [0, 0.05) is 12.4 Å². The van der Waals surface area contributed by atoms with Crippen molar-refractivity contribution in [2.75, 3.05) is 0 Å². The summed E-state index contributed by atoms with van der Waals surface area (Å²) in [7, 11) is 1.26. The molecular formula is C14H18BFN2O2. The summed E-state index contributed by atoms with van der Waals surface area (Å²) in [4.78, 5) is 0. The van der Waals surface area contributed by atoms with Gasteiger partial charge in [0.1, 0.15) is 11.4 Å². The Bertz CT molecular complexity index is 665. The zero-order valence-corrected chi connectivity index (χ0v) is 12.4. The second kappa shape index (κ2) is 4.05. The lowest BCUT2D eigenvalue weighted by Crippen LogP contribution is -2.41. The van der Waals surface area contributed by atoms with E-state index >= 15 is 0 Å². The highest BCUT2D eigenvalue weighted by atomic mass is 19.1. The molecule has 4 nitrogen and oxygen atoms in total. The zero-order valence-electron chi connectivity index (χ0n) is 12.4. The number of nitrogens with zero attached hydrogens (tertiary/aromatic N) is 2. The fraction of sp³-hybridized carbons (Fsp3) is 0.500. The first-order chi connectivity index (χ1) is 9.21. The van der Waals surface area contributed by atoms with Gasteiger partial charge in [0.25, 0.3) is 0 Å². The summed E-state index contributed by atoms with van der Waals surface area (Å²) >= 11 is 0. The molecule has 1 aliphatic heterocycles. The fourth-order valence-electron chi connectivity index (χ4n) is 2.39. The molecule has 0 saturated carbocycles. The van der Waals surface area contributed by atoms with Crippen LogP contribution in [-0.4, -0.2) is 28.1 Å². The first-order valence-electron chi connectivity index (χ1n) is 6.69. The Balaban J connectivity index is 2.09. The monoisotopic (exact) mass is 276 g/mol. The Morgan fingerprint density at radius 1 is 1.15 bits per heavy atom. The molecule has 3 rings (SSSR count). The molecule has 1 aromatic carbocycles. The summed E-state index contributed by atoms with van der Waals surface area (Å²) in [6.45, 7) is 7.99. The second-order valence-corrected chi connectivity index (χ2v) is 6.26. The van der Waals surface area contributed by atoms with Crippen LogP contribution in [0.15, 0.2) is 18.2 Å². The second-order valence-electron chi connectivity index (χ2n) is 6.26. The molecule has 20 heavy (non-hydrogen) atoms. The van der Waals surface area contributed by atoms with Gasteiger partial charge in [-0.3, -0.25) is 4.68 Å². The zero-order chi connectivity index (χ0) is 14.7. The third kappa shape index (κ3) is 1.86. The number of halogens is 1. The number of hydrogen-bond acceptors (Lipinski definition) is 3. The molecule has 0 bridgehead atoms. The molecule has 1 aliphatic rings. The van der Waals surface area contributed by atoms with Crippen molar-refractivity contribution in [3.63, 3.8) is 0 Å². The van der Waals surface area contributed by atoms with Gasteiger partial charge in [-0.1, -0.05) is 0 Å². The van der Waals surface area contributed by atoms with Crippen molar-refractivity contribution < 1.29 is 13.7 Å². The number of rotatable bonds is 1. The Kier molecular flexibility index (Phi) is 2.75.